The summed E-state index contributed by atoms with van der Waals surface area (Å²) >= 11 is 0. The van der Waals surface area contributed by atoms with Crippen molar-refractivity contribution in [3.05, 3.63) is 94.6 Å². The van der Waals surface area contributed by atoms with Gasteiger partial charge >= 0.3 is 0 Å². The number of amides is 1. The van der Waals surface area contributed by atoms with Crippen LogP contribution in [0.1, 0.15) is 58.7 Å². The molecule has 11 heteroatoms. The van der Waals surface area contributed by atoms with Gasteiger partial charge in [-0.15, -0.1) is 0 Å². The van der Waals surface area contributed by atoms with Crippen molar-refractivity contribution in [3.63, 3.8) is 0 Å². The van der Waals surface area contributed by atoms with E-state index >= 15 is 8.78 Å². The molecule has 0 spiro atoms. The fourth-order valence-corrected chi connectivity index (χ4v) is 7.22. The summed E-state index contributed by atoms with van der Waals surface area (Å²) < 4.78 is 46.1. The average Bonchev–Trinajstić information content (AvgIpc) is 3.59. The highest BCUT2D eigenvalue weighted by atomic mass is 19.1. The Balaban J connectivity index is 1.13. The van der Waals surface area contributed by atoms with E-state index in [2.05, 4.69) is 16.7 Å². The summed E-state index contributed by atoms with van der Waals surface area (Å²) in [5.74, 6) is -1.72. The number of aryl methyl sites for hydroxylation is 3. The van der Waals surface area contributed by atoms with Crippen LogP contribution in [-0.4, -0.2) is 58.0 Å². The molecule has 0 radical (unpaired) electrons. The molecule has 2 aliphatic rings. The first kappa shape index (κ1) is 32.7. The number of nitrogens with one attached hydrogen (secondary N) is 2. The van der Waals surface area contributed by atoms with Crippen molar-refractivity contribution in [3.8, 4) is 16.9 Å². The summed E-state index contributed by atoms with van der Waals surface area (Å²) in [6.07, 6.45) is 9.39. The van der Waals surface area contributed by atoms with Crippen LogP contribution in [0.3, 0.4) is 0 Å². The van der Waals surface area contributed by atoms with Gasteiger partial charge in [0.1, 0.15) is 28.7 Å². The molecule has 0 unspecified atom stereocenters. The number of methoxy groups -OCH3 is 1. The molecule has 1 amide bonds. The zero-order valence-electron chi connectivity index (χ0n) is 28.0. The molecule has 2 N–H and O–H groups in total. The van der Waals surface area contributed by atoms with Gasteiger partial charge in [-0.25, -0.2) is 13.8 Å². The topological polar surface area (TPSA) is 98.9 Å². The van der Waals surface area contributed by atoms with Gasteiger partial charge in [-0.2, -0.15) is 0 Å². The number of ether oxygens (including phenoxy) is 2. The van der Waals surface area contributed by atoms with Crippen molar-refractivity contribution in [2.75, 3.05) is 25.6 Å². The van der Waals surface area contributed by atoms with Gasteiger partial charge in [0.25, 0.3) is 0 Å². The SMILES string of the molecule is COC1CCC(NC/C=C/C(=O)Nc2c(F)cc(C(=O)c3cc4c5c(cccn35)-c3c(C)cc5c(nc(C)n5C)c3OCC4)cc2F)CC1. The summed E-state index contributed by atoms with van der Waals surface area (Å²) in [5.41, 5.74) is 5.74. The van der Waals surface area contributed by atoms with E-state index in [1.165, 1.54) is 6.08 Å². The van der Waals surface area contributed by atoms with Crippen LogP contribution in [0.4, 0.5) is 14.5 Å². The zero-order chi connectivity index (χ0) is 34.4. The molecule has 0 atom stereocenters. The lowest BCUT2D eigenvalue weighted by Gasteiger charge is -2.27. The fraction of sp³-hybridized carbons (Fsp3) is 0.342. The average molecular weight is 668 g/mol. The second-order valence-corrected chi connectivity index (χ2v) is 12.9. The smallest absolute Gasteiger partial charge is 0.248 e. The summed E-state index contributed by atoms with van der Waals surface area (Å²) in [5, 5.41) is 5.66. The molecule has 1 aliphatic carbocycles. The Morgan fingerprint density at radius 1 is 1.10 bits per heavy atom. The summed E-state index contributed by atoms with van der Waals surface area (Å²) in [7, 11) is 3.70. The minimum absolute atomic E-state index is 0.166. The number of benzene rings is 2. The molecule has 0 saturated heterocycles. The Morgan fingerprint density at radius 3 is 2.59 bits per heavy atom. The van der Waals surface area contributed by atoms with E-state index < -0.39 is 29.0 Å². The van der Waals surface area contributed by atoms with Gasteiger partial charge in [0.15, 0.2) is 5.75 Å². The predicted molar refractivity (Wildman–Crippen MR) is 184 cm³/mol. The van der Waals surface area contributed by atoms with E-state index in [0.29, 0.717) is 37.5 Å². The van der Waals surface area contributed by atoms with Crippen LogP contribution in [0.5, 0.6) is 5.75 Å². The Bertz CT molecular complexity index is 2120. The Kier molecular flexibility index (Phi) is 8.81. The summed E-state index contributed by atoms with van der Waals surface area (Å²) in [4.78, 5) is 31.2. The molecule has 1 aliphatic heterocycles. The Morgan fingerprint density at radius 2 is 1.86 bits per heavy atom. The molecular formula is C38H39F2N5O4. The first-order chi connectivity index (χ1) is 23.6. The number of ketones is 1. The lowest BCUT2D eigenvalue weighted by atomic mass is 9.93. The lowest BCUT2D eigenvalue weighted by Crippen LogP contribution is -2.35. The van der Waals surface area contributed by atoms with E-state index in [9.17, 15) is 9.59 Å². The van der Waals surface area contributed by atoms with Crippen LogP contribution in [0.25, 0.3) is 27.7 Å². The van der Waals surface area contributed by atoms with Crippen molar-refractivity contribution < 1.29 is 27.8 Å². The number of anilines is 1. The predicted octanol–water partition coefficient (Wildman–Crippen LogP) is 6.60. The molecule has 4 heterocycles. The van der Waals surface area contributed by atoms with Crippen molar-refractivity contribution in [1.82, 2.24) is 19.3 Å². The quantitative estimate of drug-likeness (QED) is 0.143. The van der Waals surface area contributed by atoms with Crippen molar-refractivity contribution in [1.29, 1.82) is 0 Å². The number of carbonyl (C=O) groups is 2. The summed E-state index contributed by atoms with van der Waals surface area (Å²) in [6.45, 7) is 4.79. The second-order valence-electron chi connectivity index (χ2n) is 12.9. The molecule has 7 rings (SSSR count). The van der Waals surface area contributed by atoms with E-state index in [1.54, 1.807) is 29.8 Å². The molecule has 49 heavy (non-hydrogen) atoms. The molecule has 3 aromatic heterocycles. The highest BCUT2D eigenvalue weighted by Gasteiger charge is 2.27. The minimum atomic E-state index is -1.04. The number of aromatic nitrogens is 3. The number of hydrogen-bond acceptors (Lipinski definition) is 6. The largest absolute Gasteiger partial charge is 0.490 e. The second kappa shape index (κ2) is 13.2. The molecule has 1 saturated carbocycles. The lowest BCUT2D eigenvalue weighted by molar-refractivity contribution is -0.112. The van der Waals surface area contributed by atoms with Gasteiger partial charge in [-0.05, 0) is 81.0 Å². The van der Waals surface area contributed by atoms with Gasteiger partial charge in [0.2, 0.25) is 11.7 Å². The number of pyridine rings is 1. The Hall–Kier alpha value is -4.87. The number of hydrogen-bond donors (Lipinski definition) is 2. The maximum Gasteiger partial charge on any atom is 0.248 e. The zero-order valence-corrected chi connectivity index (χ0v) is 28.0. The molecule has 2 aromatic carbocycles. The van der Waals surface area contributed by atoms with E-state index in [1.807, 2.05) is 37.6 Å². The van der Waals surface area contributed by atoms with E-state index in [0.717, 1.165) is 82.4 Å². The fourth-order valence-electron chi connectivity index (χ4n) is 7.22. The van der Waals surface area contributed by atoms with Crippen LogP contribution >= 0.6 is 0 Å². The van der Waals surface area contributed by atoms with Crippen LogP contribution in [0.2, 0.25) is 0 Å². The van der Waals surface area contributed by atoms with E-state index in [4.69, 9.17) is 14.5 Å². The third kappa shape index (κ3) is 6.02. The van der Waals surface area contributed by atoms with Gasteiger partial charge in [0, 0.05) is 62.1 Å². The first-order valence-electron chi connectivity index (χ1n) is 16.6. The van der Waals surface area contributed by atoms with Crippen molar-refractivity contribution in [2.24, 2.45) is 7.05 Å². The van der Waals surface area contributed by atoms with Gasteiger partial charge in [-0.3, -0.25) is 9.59 Å². The maximum atomic E-state index is 15.3. The third-order valence-corrected chi connectivity index (χ3v) is 9.89. The molecular weight excluding hydrogens is 628 g/mol. The normalized spacial score (nSPS) is 17.6. The van der Waals surface area contributed by atoms with E-state index in [-0.39, 0.29) is 11.3 Å². The number of halogens is 2. The molecule has 1 fully saturated rings. The molecule has 254 valence electrons. The highest BCUT2D eigenvalue weighted by molar-refractivity contribution is 6.10. The number of fused-ring (bicyclic) bond motifs is 4. The van der Waals surface area contributed by atoms with Crippen molar-refractivity contribution in [2.45, 2.75) is 58.1 Å². The third-order valence-electron chi connectivity index (χ3n) is 9.89. The number of nitrogens with zero attached hydrogens (tertiary/aromatic N) is 3. The number of rotatable bonds is 8. The highest BCUT2D eigenvalue weighted by Crippen LogP contribution is 2.44. The first-order valence-corrected chi connectivity index (χ1v) is 16.6. The molecule has 9 nitrogen and oxygen atoms in total. The summed E-state index contributed by atoms with van der Waals surface area (Å²) in [6, 6.07) is 9.95. The maximum absolute atomic E-state index is 15.3. The van der Waals surface area contributed by atoms with Crippen LogP contribution in [0.15, 0.2) is 54.7 Å². The Labute approximate surface area is 282 Å². The van der Waals surface area contributed by atoms with Crippen LogP contribution in [0, 0.1) is 25.5 Å². The van der Waals surface area contributed by atoms with Crippen molar-refractivity contribution >= 4 is 33.9 Å². The standard InChI is InChI=1S/C38H39F2N5O4/c1-21-17-30-35(42-22(2)44(30)3)38-33(21)27-7-6-15-45-31(20-23(36(27)45)13-16-49-38)37(47)24-18-28(39)34(29(40)19-24)43-32(46)8-5-14-41-25-9-11-26(48-4)12-10-25/h5-8,15,17-20,25-26,41H,9-14,16H2,1-4H3,(H,43,46)/b8-5+. The number of carbonyl (C=O) groups excluding carboxylic acids is 2. The van der Waals surface area contributed by atoms with Gasteiger partial charge in [0.05, 0.1) is 29.4 Å². The van der Waals surface area contributed by atoms with Crippen LogP contribution in [-0.2, 0) is 23.0 Å². The van der Waals surface area contributed by atoms with Gasteiger partial charge in [-0.1, -0.05) is 12.1 Å². The van der Waals surface area contributed by atoms with Gasteiger partial charge < -0.3 is 29.1 Å². The van der Waals surface area contributed by atoms with Crippen LogP contribution < -0.4 is 15.4 Å². The number of imidazole rings is 1. The monoisotopic (exact) mass is 667 g/mol. The minimum Gasteiger partial charge on any atom is -0.490 e. The molecule has 5 aromatic rings. The molecule has 0 bridgehead atoms.